The molecule has 0 aliphatic heterocycles. The summed E-state index contributed by atoms with van der Waals surface area (Å²) in [6.07, 6.45) is 4.14. The lowest BCUT2D eigenvalue weighted by Crippen LogP contribution is -2.06. The lowest BCUT2D eigenvalue weighted by Gasteiger charge is -2.08. The van der Waals surface area contributed by atoms with Crippen molar-refractivity contribution in [2.75, 3.05) is 5.32 Å². The minimum absolute atomic E-state index is 0.581. The highest BCUT2D eigenvalue weighted by Crippen LogP contribution is 2.19. The fraction of sp³-hybridized carbons (Fsp3) is 0.0588. The first-order valence-corrected chi connectivity index (χ1v) is 7.41. The topological polar surface area (TPSA) is 94.7 Å². The van der Waals surface area contributed by atoms with E-state index in [1.54, 1.807) is 22.8 Å². The molecule has 0 saturated carbocycles. The van der Waals surface area contributed by atoms with E-state index in [0.717, 1.165) is 16.9 Å². The number of fused-ring (bicyclic) bond motifs is 1. The number of benzene rings is 1. The van der Waals surface area contributed by atoms with Crippen LogP contribution in [0.25, 0.3) is 5.52 Å². The molecule has 0 aliphatic carbocycles. The molecule has 1 aromatic carbocycles. The second-order valence-electron chi connectivity index (χ2n) is 5.30. The average molecular weight is 315 g/mol. The van der Waals surface area contributed by atoms with Gasteiger partial charge in [-0.05, 0) is 29.8 Å². The molecule has 3 aromatic heterocycles. The van der Waals surface area contributed by atoms with Gasteiger partial charge in [0, 0.05) is 18.7 Å². The average Bonchev–Trinajstić information content (AvgIpc) is 3.27. The molecule has 0 unspecified atom stereocenters. The fourth-order valence-corrected chi connectivity index (χ4v) is 2.48. The Bertz CT molecular complexity index is 1010. The SMILES string of the molecule is N#Cc1ccc(Cc2nc(Nc3ccn[nH]3)c3cccn3n2)cc1. The Morgan fingerprint density at radius 2 is 2.04 bits per heavy atom. The predicted octanol–water partition coefficient (Wildman–Crippen LogP) is 2.66. The van der Waals surface area contributed by atoms with Crippen molar-refractivity contribution in [3.8, 4) is 6.07 Å². The number of aromatic nitrogens is 5. The summed E-state index contributed by atoms with van der Waals surface area (Å²) in [5.74, 6) is 2.16. The van der Waals surface area contributed by atoms with E-state index in [0.29, 0.717) is 23.6 Å². The van der Waals surface area contributed by atoms with Crippen LogP contribution in [0.5, 0.6) is 0 Å². The van der Waals surface area contributed by atoms with Crippen LogP contribution in [0.15, 0.2) is 54.9 Å². The van der Waals surface area contributed by atoms with Crippen molar-refractivity contribution >= 4 is 17.2 Å². The highest BCUT2D eigenvalue weighted by Gasteiger charge is 2.09. The largest absolute Gasteiger partial charge is 0.323 e. The Hall–Kier alpha value is -3.66. The predicted molar refractivity (Wildman–Crippen MR) is 88.8 cm³/mol. The number of aromatic amines is 1. The number of nitrogens with zero attached hydrogens (tertiary/aromatic N) is 5. The van der Waals surface area contributed by atoms with E-state index in [1.165, 1.54) is 0 Å². The Labute approximate surface area is 137 Å². The third kappa shape index (κ3) is 2.68. The van der Waals surface area contributed by atoms with Gasteiger partial charge in [0.05, 0.1) is 17.8 Å². The van der Waals surface area contributed by atoms with Gasteiger partial charge in [0.1, 0.15) is 11.3 Å². The molecule has 4 aromatic rings. The molecule has 24 heavy (non-hydrogen) atoms. The van der Waals surface area contributed by atoms with Crippen molar-refractivity contribution in [2.24, 2.45) is 0 Å². The maximum Gasteiger partial charge on any atom is 0.159 e. The molecule has 7 nitrogen and oxygen atoms in total. The third-order valence-electron chi connectivity index (χ3n) is 3.63. The second kappa shape index (κ2) is 5.85. The zero-order chi connectivity index (χ0) is 16.4. The smallest absolute Gasteiger partial charge is 0.159 e. The van der Waals surface area contributed by atoms with Crippen molar-refractivity contribution in [3.63, 3.8) is 0 Å². The van der Waals surface area contributed by atoms with Crippen LogP contribution in [0.2, 0.25) is 0 Å². The maximum absolute atomic E-state index is 8.88. The van der Waals surface area contributed by atoms with Gasteiger partial charge in [-0.15, -0.1) is 0 Å². The van der Waals surface area contributed by atoms with E-state index in [4.69, 9.17) is 5.26 Å². The van der Waals surface area contributed by atoms with Crippen LogP contribution >= 0.6 is 0 Å². The van der Waals surface area contributed by atoms with Gasteiger partial charge < -0.3 is 5.32 Å². The highest BCUT2D eigenvalue weighted by atomic mass is 15.3. The summed E-state index contributed by atoms with van der Waals surface area (Å²) in [7, 11) is 0. The highest BCUT2D eigenvalue weighted by molar-refractivity contribution is 5.71. The molecule has 0 saturated heterocycles. The van der Waals surface area contributed by atoms with Crippen molar-refractivity contribution in [3.05, 3.63) is 71.8 Å². The monoisotopic (exact) mass is 315 g/mol. The number of rotatable bonds is 4. The first-order chi connectivity index (χ1) is 11.8. The Balaban J connectivity index is 1.68. The second-order valence-corrected chi connectivity index (χ2v) is 5.30. The van der Waals surface area contributed by atoms with Gasteiger partial charge >= 0.3 is 0 Å². The first-order valence-electron chi connectivity index (χ1n) is 7.41. The molecular formula is C17H13N7. The van der Waals surface area contributed by atoms with Crippen molar-refractivity contribution in [1.29, 1.82) is 5.26 Å². The fourth-order valence-electron chi connectivity index (χ4n) is 2.48. The summed E-state index contributed by atoms with van der Waals surface area (Å²) in [5, 5.41) is 23.4. The van der Waals surface area contributed by atoms with Crippen LogP contribution in [0.4, 0.5) is 11.6 Å². The summed E-state index contributed by atoms with van der Waals surface area (Å²) in [4.78, 5) is 4.63. The standard InChI is InChI=1S/C17H13N7/c18-11-13-5-3-12(4-6-13)10-16-21-17(20-15-7-8-19-22-15)14-2-1-9-24(14)23-16/h1-9H,10H2,(H2,19,20,21,22,23). The summed E-state index contributed by atoms with van der Waals surface area (Å²) in [6, 6.07) is 15.3. The lowest BCUT2D eigenvalue weighted by atomic mass is 10.1. The van der Waals surface area contributed by atoms with Gasteiger partial charge in [-0.3, -0.25) is 5.10 Å². The Morgan fingerprint density at radius 1 is 1.17 bits per heavy atom. The van der Waals surface area contributed by atoms with Gasteiger partial charge in [-0.1, -0.05) is 12.1 Å². The van der Waals surface area contributed by atoms with Gasteiger partial charge in [0.2, 0.25) is 0 Å². The zero-order valence-corrected chi connectivity index (χ0v) is 12.6. The summed E-state index contributed by atoms with van der Waals surface area (Å²) in [6.45, 7) is 0. The molecule has 0 amide bonds. The molecule has 0 bridgehead atoms. The van der Waals surface area contributed by atoms with Crippen LogP contribution < -0.4 is 5.32 Å². The first kappa shape index (κ1) is 14.0. The molecule has 3 heterocycles. The van der Waals surface area contributed by atoms with Crippen molar-refractivity contribution in [2.45, 2.75) is 6.42 Å². The summed E-state index contributed by atoms with van der Waals surface area (Å²) >= 11 is 0. The molecule has 0 atom stereocenters. The Morgan fingerprint density at radius 3 is 2.79 bits per heavy atom. The van der Waals surface area contributed by atoms with E-state index in [9.17, 15) is 0 Å². The number of hydrogen-bond donors (Lipinski definition) is 2. The molecular weight excluding hydrogens is 302 g/mol. The van der Waals surface area contributed by atoms with Crippen LogP contribution in [0.3, 0.4) is 0 Å². The summed E-state index contributed by atoms with van der Waals surface area (Å²) in [5.41, 5.74) is 2.57. The quantitative estimate of drug-likeness (QED) is 0.603. The Kier molecular flexibility index (Phi) is 3.41. The molecule has 7 heteroatoms. The minimum Gasteiger partial charge on any atom is -0.323 e. The molecule has 0 spiro atoms. The number of nitriles is 1. The van der Waals surface area contributed by atoms with Crippen LogP contribution in [-0.4, -0.2) is 24.8 Å². The van der Waals surface area contributed by atoms with Gasteiger partial charge in [-0.25, -0.2) is 9.50 Å². The van der Waals surface area contributed by atoms with E-state index in [1.807, 2.05) is 36.5 Å². The molecule has 116 valence electrons. The van der Waals surface area contributed by atoms with Crippen molar-refractivity contribution in [1.82, 2.24) is 24.8 Å². The van der Waals surface area contributed by atoms with Crippen LogP contribution in [0.1, 0.15) is 17.0 Å². The lowest BCUT2D eigenvalue weighted by molar-refractivity contribution is 0.828. The van der Waals surface area contributed by atoms with Crippen LogP contribution in [-0.2, 0) is 6.42 Å². The van der Waals surface area contributed by atoms with Crippen molar-refractivity contribution < 1.29 is 0 Å². The van der Waals surface area contributed by atoms with Crippen LogP contribution in [0, 0.1) is 11.3 Å². The number of H-pyrrole nitrogens is 1. The maximum atomic E-state index is 8.88. The molecule has 0 radical (unpaired) electrons. The van der Waals surface area contributed by atoms with E-state index in [-0.39, 0.29) is 0 Å². The number of nitrogens with one attached hydrogen (secondary N) is 2. The van der Waals surface area contributed by atoms with Gasteiger partial charge in [-0.2, -0.15) is 15.5 Å². The van der Waals surface area contributed by atoms with E-state index < -0.39 is 0 Å². The van der Waals surface area contributed by atoms with E-state index >= 15 is 0 Å². The minimum atomic E-state index is 0.581. The van der Waals surface area contributed by atoms with E-state index in [2.05, 4.69) is 31.7 Å². The molecule has 0 fully saturated rings. The van der Waals surface area contributed by atoms with Gasteiger partial charge in [0.25, 0.3) is 0 Å². The summed E-state index contributed by atoms with van der Waals surface area (Å²) < 4.78 is 1.80. The number of hydrogen-bond acceptors (Lipinski definition) is 5. The molecule has 0 aliphatic rings. The molecule has 4 rings (SSSR count). The van der Waals surface area contributed by atoms with Gasteiger partial charge in [0.15, 0.2) is 11.6 Å². The third-order valence-corrected chi connectivity index (χ3v) is 3.63. The molecule has 2 N–H and O–H groups in total. The normalized spacial score (nSPS) is 10.6. The zero-order valence-electron chi connectivity index (χ0n) is 12.6. The number of anilines is 2.